The Kier molecular flexibility index (Phi) is 8.62. The minimum Gasteiger partial charge on any atom is -0.385 e. The second-order valence-corrected chi connectivity index (χ2v) is 9.12. The van der Waals surface area contributed by atoms with Crippen molar-refractivity contribution in [2.45, 2.75) is 49.5 Å². The Morgan fingerprint density at radius 1 is 1.11 bits per heavy atom. The molecule has 7 nitrogen and oxygen atoms in total. The van der Waals surface area contributed by atoms with Gasteiger partial charge in [0.05, 0.1) is 34.3 Å². The first-order chi connectivity index (χ1) is 16.5. The van der Waals surface area contributed by atoms with Crippen LogP contribution in [-0.4, -0.2) is 41.2 Å². The highest BCUT2D eigenvalue weighted by Crippen LogP contribution is 2.43. The molecule has 0 amide bonds. The first kappa shape index (κ1) is 28.3. The molecule has 1 atom stereocenters. The summed E-state index contributed by atoms with van der Waals surface area (Å²) in [5.74, 6) is -0.712. The lowest BCUT2D eigenvalue weighted by Gasteiger charge is -2.39. The molecule has 2 aliphatic heterocycles. The van der Waals surface area contributed by atoms with Crippen LogP contribution in [0.4, 0.5) is 23.2 Å². The first-order valence-electron chi connectivity index (χ1n) is 11.4. The molecule has 2 aromatic carbocycles. The van der Waals surface area contributed by atoms with E-state index >= 15 is 0 Å². The summed E-state index contributed by atoms with van der Waals surface area (Å²) in [6.45, 7) is 1.81. The molecule has 2 saturated heterocycles. The van der Waals surface area contributed by atoms with Gasteiger partial charge in [0.15, 0.2) is 0 Å². The molecule has 1 N–H and O–H groups in total. The minimum absolute atomic E-state index is 0. The van der Waals surface area contributed by atoms with Gasteiger partial charge >= 0.3 is 6.18 Å². The van der Waals surface area contributed by atoms with Crippen LogP contribution in [0.5, 0.6) is 0 Å². The Morgan fingerprint density at radius 2 is 1.83 bits per heavy atom. The lowest BCUT2D eigenvalue weighted by molar-refractivity contribution is -0.389. The van der Waals surface area contributed by atoms with Gasteiger partial charge in [0.2, 0.25) is 0 Å². The minimum atomic E-state index is -4.48. The Bertz CT molecular complexity index is 1070. The van der Waals surface area contributed by atoms with Crippen molar-refractivity contribution in [3.05, 3.63) is 75.1 Å². The summed E-state index contributed by atoms with van der Waals surface area (Å²) >= 11 is 0. The third kappa shape index (κ3) is 5.97. The molecule has 2 fully saturated rings. The summed E-state index contributed by atoms with van der Waals surface area (Å²) in [6.07, 6.45) is -2.55. The maximum Gasteiger partial charge on any atom is 0.416 e. The van der Waals surface area contributed by atoms with E-state index in [0.717, 1.165) is 24.3 Å². The average molecular weight is 535 g/mol. The van der Waals surface area contributed by atoms with E-state index in [1.54, 1.807) is 0 Å². The number of rotatable bonds is 7. The third-order valence-corrected chi connectivity index (χ3v) is 6.92. The van der Waals surface area contributed by atoms with Crippen molar-refractivity contribution in [3.8, 4) is 0 Å². The topological polar surface area (TPSA) is 85.1 Å². The van der Waals surface area contributed by atoms with Crippen LogP contribution in [0.15, 0.2) is 42.5 Å². The Hall–Kier alpha value is -2.31. The van der Waals surface area contributed by atoms with Crippen molar-refractivity contribution >= 4 is 18.1 Å². The molecule has 2 aromatic rings. The number of nitro groups is 1. The molecule has 2 heterocycles. The number of likely N-dealkylation sites (tertiary alicyclic amines) is 1. The van der Waals surface area contributed by atoms with Gasteiger partial charge in [0.1, 0.15) is 11.4 Å². The van der Waals surface area contributed by atoms with Crippen molar-refractivity contribution in [1.29, 1.82) is 0 Å². The van der Waals surface area contributed by atoms with Crippen LogP contribution in [0.2, 0.25) is 0 Å². The van der Waals surface area contributed by atoms with Gasteiger partial charge in [-0.2, -0.15) is 13.2 Å². The van der Waals surface area contributed by atoms with E-state index in [-0.39, 0.29) is 48.7 Å². The van der Waals surface area contributed by atoms with Crippen molar-refractivity contribution in [1.82, 2.24) is 4.90 Å². The summed E-state index contributed by atoms with van der Waals surface area (Å²) < 4.78 is 52.8. The zero-order valence-electron chi connectivity index (χ0n) is 19.3. The van der Waals surface area contributed by atoms with Gasteiger partial charge in [0.25, 0.3) is 5.69 Å². The SMILES string of the molecule is Cl.O=[N+]([O-])c1cc(F)ccc1C1(CCCN2CCC(O)(c3cccc(C(F)(F)F)c3)CC2)CCOO1. The largest absolute Gasteiger partial charge is 0.416 e. The number of hydrogen-bond donors (Lipinski definition) is 1. The van der Waals surface area contributed by atoms with E-state index in [1.807, 2.05) is 0 Å². The van der Waals surface area contributed by atoms with Crippen LogP contribution in [-0.2, 0) is 27.2 Å². The van der Waals surface area contributed by atoms with E-state index in [4.69, 9.17) is 9.78 Å². The van der Waals surface area contributed by atoms with Crippen LogP contribution in [0.25, 0.3) is 0 Å². The fourth-order valence-corrected chi connectivity index (χ4v) is 4.93. The van der Waals surface area contributed by atoms with Gasteiger partial charge in [-0.3, -0.25) is 10.1 Å². The van der Waals surface area contributed by atoms with Gasteiger partial charge in [-0.15, -0.1) is 12.4 Å². The van der Waals surface area contributed by atoms with E-state index in [9.17, 15) is 32.8 Å². The Labute approximate surface area is 211 Å². The van der Waals surface area contributed by atoms with E-state index in [2.05, 4.69) is 4.90 Å². The van der Waals surface area contributed by atoms with Crippen LogP contribution in [0, 0.1) is 15.9 Å². The summed E-state index contributed by atoms with van der Waals surface area (Å²) in [5, 5.41) is 22.5. The number of alkyl halides is 3. The van der Waals surface area contributed by atoms with Crippen molar-refractivity contribution in [3.63, 3.8) is 0 Å². The molecule has 0 saturated carbocycles. The summed E-state index contributed by atoms with van der Waals surface area (Å²) in [4.78, 5) is 23.5. The number of aliphatic hydroxyl groups is 1. The zero-order valence-corrected chi connectivity index (χ0v) is 20.1. The second kappa shape index (κ2) is 11.0. The van der Waals surface area contributed by atoms with Crippen LogP contribution >= 0.6 is 12.4 Å². The van der Waals surface area contributed by atoms with Gasteiger partial charge in [0, 0.05) is 19.5 Å². The predicted molar refractivity (Wildman–Crippen MR) is 124 cm³/mol. The second-order valence-electron chi connectivity index (χ2n) is 9.12. The molecule has 0 radical (unpaired) electrons. The molecule has 0 aromatic heterocycles. The molecule has 2 aliphatic rings. The molecule has 1 unspecified atom stereocenters. The quantitative estimate of drug-likeness (QED) is 0.219. The highest BCUT2D eigenvalue weighted by Gasteiger charge is 2.44. The zero-order chi connectivity index (χ0) is 25.3. The fourth-order valence-electron chi connectivity index (χ4n) is 4.93. The monoisotopic (exact) mass is 534 g/mol. The number of benzene rings is 2. The average Bonchev–Trinajstić information content (AvgIpc) is 3.30. The lowest BCUT2D eigenvalue weighted by atomic mass is 9.83. The van der Waals surface area contributed by atoms with Crippen molar-refractivity contribution in [2.24, 2.45) is 0 Å². The smallest absolute Gasteiger partial charge is 0.385 e. The summed E-state index contributed by atoms with van der Waals surface area (Å²) in [5.41, 5.74) is -3.03. The molecule has 0 spiro atoms. The fraction of sp³-hybridized carbons (Fsp3) is 0.500. The van der Waals surface area contributed by atoms with Crippen molar-refractivity contribution in [2.75, 3.05) is 26.2 Å². The molecule has 12 heteroatoms. The standard InChI is InChI=1S/C24H26F4N2O5.ClH/c25-19-5-6-20(21(16-19)30(32)33)23(10-14-34-35-23)7-2-11-29-12-8-22(31,9-13-29)17-3-1-4-18(15-17)24(26,27)28;/h1,3-6,15-16,31H,2,7-14H2;1H. The van der Waals surface area contributed by atoms with Crippen molar-refractivity contribution < 1.29 is 37.4 Å². The van der Waals surface area contributed by atoms with Gasteiger partial charge in [-0.25, -0.2) is 14.2 Å². The lowest BCUT2D eigenvalue weighted by Crippen LogP contribution is -2.43. The van der Waals surface area contributed by atoms with Gasteiger partial charge in [-0.1, -0.05) is 12.1 Å². The molecule has 198 valence electrons. The van der Waals surface area contributed by atoms with Gasteiger partial charge < -0.3 is 10.0 Å². The molecule has 4 rings (SSSR count). The molecule has 36 heavy (non-hydrogen) atoms. The number of piperidine rings is 1. The van der Waals surface area contributed by atoms with Crippen LogP contribution in [0.1, 0.15) is 48.8 Å². The normalized spacial score (nSPS) is 22.2. The molecular formula is C24H27ClF4N2O5. The van der Waals surface area contributed by atoms with E-state index in [1.165, 1.54) is 18.2 Å². The van der Waals surface area contributed by atoms with E-state index in [0.29, 0.717) is 38.9 Å². The highest BCUT2D eigenvalue weighted by molar-refractivity contribution is 5.85. The molecule has 0 bridgehead atoms. The van der Waals surface area contributed by atoms with Crippen LogP contribution < -0.4 is 0 Å². The van der Waals surface area contributed by atoms with Gasteiger partial charge in [-0.05, 0) is 62.1 Å². The van der Waals surface area contributed by atoms with E-state index < -0.39 is 33.7 Å². The number of halogens is 5. The molecular weight excluding hydrogens is 508 g/mol. The maximum atomic E-state index is 13.6. The summed E-state index contributed by atoms with van der Waals surface area (Å²) in [7, 11) is 0. The predicted octanol–water partition coefficient (Wildman–Crippen LogP) is 5.49. The number of hydrogen-bond acceptors (Lipinski definition) is 6. The maximum absolute atomic E-state index is 13.6. The highest BCUT2D eigenvalue weighted by atomic mass is 35.5. The molecule has 0 aliphatic carbocycles. The first-order valence-corrected chi connectivity index (χ1v) is 11.4. The summed E-state index contributed by atoms with van der Waals surface area (Å²) in [6, 6.07) is 8.20. The number of nitrogens with zero attached hydrogens (tertiary/aromatic N) is 2. The Balaban J connectivity index is 0.00000361. The number of nitro benzene ring substituents is 1. The van der Waals surface area contributed by atoms with Crippen LogP contribution in [0.3, 0.4) is 0 Å². The Morgan fingerprint density at radius 3 is 2.44 bits per heavy atom. The third-order valence-electron chi connectivity index (χ3n) is 6.92.